The number of cyclic esters (lactones) is 1. The Hall–Kier alpha value is -9.41. The van der Waals surface area contributed by atoms with Crippen molar-refractivity contribution in [1.29, 1.82) is 0 Å². The first-order valence-corrected chi connectivity index (χ1v) is 42.1. The Morgan fingerprint density at radius 1 is 0.800 bits per heavy atom. The number of carbonyl (C=O) groups excluding carboxylic acids is 12. The maximum Gasteiger partial charge on any atom is 0.357 e. The van der Waals surface area contributed by atoms with Gasteiger partial charge in [0, 0.05) is 51.3 Å². The molecule has 0 saturated heterocycles. The van der Waals surface area contributed by atoms with Gasteiger partial charge in [0.2, 0.25) is 41.4 Å². The van der Waals surface area contributed by atoms with Crippen molar-refractivity contribution in [2.24, 2.45) is 21.6 Å². The molecule has 43 heteroatoms. The number of esters is 2. The van der Waals surface area contributed by atoms with Crippen LogP contribution in [0.2, 0.25) is 0 Å². The molecule has 10 amide bonds. The van der Waals surface area contributed by atoms with Gasteiger partial charge in [-0.3, -0.25) is 63.2 Å². The number of ether oxygens (including phenoxy) is 2. The highest BCUT2D eigenvalue weighted by atomic mass is 32.2. The van der Waals surface area contributed by atoms with Crippen molar-refractivity contribution < 1.29 is 92.5 Å². The highest BCUT2D eigenvalue weighted by Crippen LogP contribution is 2.48. The lowest BCUT2D eigenvalue weighted by atomic mass is 9.80. The summed E-state index contributed by atoms with van der Waals surface area (Å²) in [4.78, 5) is 205. The molecule has 19 atom stereocenters. The van der Waals surface area contributed by atoms with Crippen LogP contribution in [0.4, 0.5) is 0 Å². The largest absolute Gasteiger partial charge is 0.467 e. The van der Waals surface area contributed by atoms with Gasteiger partial charge in [0.25, 0.3) is 17.7 Å². The molecule has 5 aliphatic rings. The minimum atomic E-state index is -2.20. The Bertz CT molecular complexity index is 4730. The summed E-state index contributed by atoms with van der Waals surface area (Å²) in [5.74, 6) is -11.9. The predicted octanol–water partition coefficient (Wildman–Crippen LogP) is 0.780. The lowest BCUT2D eigenvalue weighted by molar-refractivity contribution is -0.144. The van der Waals surface area contributed by atoms with Gasteiger partial charge in [-0.25, -0.2) is 34.5 Å². The van der Waals surface area contributed by atoms with Crippen LogP contribution >= 0.6 is 68.9 Å². The summed E-state index contributed by atoms with van der Waals surface area (Å²) in [5.41, 5.74) is 0.666. The first-order valence-electron chi connectivity index (χ1n) is 36.5. The number of hydrogen-bond acceptors (Lipinski definition) is 33. The number of primary amides is 1. The van der Waals surface area contributed by atoms with Crippen LogP contribution in [0.5, 0.6) is 0 Å². The lowest BCUT2D eigenvalue weighted by Gasteiger charge is -2.41. The summed E-state index contributed by atoms with van der Waals surface area (Å²) in [6.07, 6.45) is -3.07. The first kappa shape index (κ1) is 88.0. The number of rotatable bonds is 14. The highest BCUT2D eigenvalue weighted by molar-refractivity contribution is 8.14. The summed E-state index contributed by atoms with van der Waals surface area (Å²) in [6, 6.07) is -14.5. The van der Waals surface area contributed by atoms with Gasteiger partial charge >= 0.3 is 11.9 Å². The maximum absolute atomic E-state index is 15.7. The number of nitrogens with one attached hydrogen (secondary N) is 10. The van der Waals surface area contributed by atoms with E-state index in [1.165, 1.54) is 95.1 Å². The molecule has 0 aromatic carbocycles. The number of aliphatic hydroxyl groups is 5. The Morgan fingerprint density at radius 3 is 2.15 bits per heavy atom. The van der Waals surface area contributed by atoms with Crippen LogP contribution in [0.25, 0.3) is 6.08 Å². The number of fused-ring (bicyclic) bond motifs is 7. The van der Waals surface area contributed by atoms with Gasteiger partial charge in [-0.2, -0.15) is 11.8 Å². The number of nitrogens with zero attached hydrogens (tertiary/aromatic N) is 7. The molecule has 5 aromatic rings. The second-order valence-corrected chi connectivity index (χ2v) is 34.0. The van der Waals surface area contributed by atoms with Crippen LogP contribution < -0.4 is 58.9 Å². The normalized spacial score (nSPS) is 27.7. The van der Waals surface area contributed by atoms with Gasteiger partial charge < -0.3 is 88.6 Å². The molecule has 4 unspecified atom stereocenters. The molecule has 0 fully saturated rings. The second-order valence-electron chi connectivity index (χ2n) is 28.4. The molecule has 0 saturated carbocycles. The van der Waals surface area contributed by atoms with Crippen LogP contribution in [-0.4, -0.2) is 229 Å². The van der Waals surface area contributed by atoms with Crippen molar-refractivity contribution in [2.45, 2.75) is 204 Å². The van der Waals surface area contributed by atoms with Crippen LogP contribution in [0.3, 0.4) is 0 Å². The van der Waals surface area contributed by atoms with E-state index in [0.29, 0.717) is 6.42 Å². The first-order chi connectivity index (χ1) is 54.4. The third kappa shape index (κ3) is 19.8. The number of pyridine rings is 1. The summed E-state index contributed by atoms with van der Waals surface area (Å²) in [5, 5.41) is 91.4. The Morgan fingerprint density at radius 2 is 1.49 bits per heavy atom. The maximum atomic E-state index is 15.7. The second kappa shape index (κ2) is 37.2. The minimum Gasteiger partial charge on any atom is -0.467 e. The standard InChI is InChI=1S/C72H90N18O19S6/c1-13-27(3)48-62(103)75-28(4)56(97)81-43(20-110-21-47(68(105)108-12)76-34(10)94)58(99)74-29(5)57(98)90-72-18-17-39(65-83-42(23-111-65)55(73)96)79-53(72)41-22-113-66(82-41)50(32(8)109-69(106)40-19-36(30(6)91)35-15-16-38(77-48)52(95)51(35)78-40)88-59(100)44-25-114-67(85-44)54(71(11,107)33(9)93)89-61(102)45-24-112-64(84-45)37(14-2)80-63(104)49(31(7)92)87-60(101)46-26-115-70(72)86-46/h14-16,19,22-23,25-33,38,43,45,47-50,52-54,77,91-93,95,107H,13,17-18,20-21,24H2,1-12H3,(H2,73,96)(H,74,99)(H,75,103)(H,76,94)(H,80,104)(H,81,97)(H,87,101)(H,88,100)(H,89,102)(H,90,98)/b37-14-/t27-,28-,29-,30-,31+,32+,33+,38?,43?,45-,47?,48-,49-,50-,52-,53+,54+,71+,72?/m0/s1. The Balaban J connectivity index is 1.18. The van der Waals surface area contributed by atoms with E-state index in [4.69, 9.17) is 30.2 Å². The summed E-state index contributed by atoms with van der Waals surface area (Å²) >= 11 is 5.51. The fourth-order valence-electron chi connectivity index (χ4n) is 12.9. The highest BCUT2D eigenvalue weighted by Gasteiger charge is 2.51. The molecular weight excluding hydrogens is 1610 g/mol. The quantitative estimate of drug-likeness (QED) is 0.0683. The molecule has 115 heavy (non-hydrogen) atoms. The number of nitrogens with two attached hydrogens (primary N) is 1. The van der Waals surface area contributed by atoms with Gasteiger partial charge in [0.15, 0.2) is 0 Å². The monoisotopic (exact) mass is 1700 g/mol. The van der Waals surface area contributed by atoms with Gasteiger partial charge in [-0.05, 0) is 85.8 Å². The van der Waals surface area contributed by atoms with Gasteiger partial charge in [0.05, 0.1) is 60.3 Å². The Kier molecular flexibility index (Phi) is 28.5. The topological polar surface area (TPSA) is 560 Å². The molecule has 0 spiro atoms. The van der Waals surface area contributed by atoms with Crippen molar-refractivity contribution in [3.8, 4) is 0 Å². The zero-order valence-electron chi connectivity index (χ0n) is 64.3. The fraction of sp³-hybridized carbons (Fsp3) is 0.514. The molecule has 37 nitrogen and oxygen atoms in total. The summed E-state index contributed by atoms with van der Waals surface area (Å²) in [7, 11) is 1.10. The zero-order valence-corrected chi connectivity index (χ0v) is 69.2. The number of aliphatic imine (C=N–C) groups is 2. The molecule has 9 heterocycles. The van der Waals surface area contributed by atoms with E-state index in [0.717, 1.165) is 76.0 Å². The lowest BCUT2D eigenvalue weighted by Crippen LogP contribution is -2.60. The SMILES string of the molecule is C/C=C1\NC(=O)[C@H]([C@@H](C)O)NC(=O)c2csc(n2)C23CCC(c4nc(C(N)=O)cs4)=N[C@@H]2c2csc(n2)[C@@H](NC(=O)c2csc(n2)[C@H]([C@](C)(O)[C@@H](C)O)NC(=O)[C@@H]2CSC1=N2)[C@@H](C)OC(=O)c1cc([C@H](C)O)c2c(n1)[C@@H](O)C(C=C2)N[C@@H]([C@@H](C)CC)C(=O)N[C@@H](C)C(=O)NC(CSCC(NC(C)=O)C(=O)OC)C(=O)N[C@@H](C)C(=O)N3. The third-order valence-corrected chi connectivity index (χ3v) is 25.9. The number of thioether (sulfide) groups is 2. The number of thiazole rings is 4. The summed E-state index contributed by atoms with van der Waals surface area (Å²) in [6.45, 7) is 15.5. The minimum absolute atomic E-state index is 0.0104. The number of carbonyl (C=O) groups is 12. The van der Waals surface area contributed by atoms with Crippen LogP contribution in [0.15, 0.2) is 55.4 Å². The van der Waals surface area contributed by atoms with E-state index >= 15 is 19.2 Å². The van der Waals surface area contributed by atoms with E-state index in [1.807, 2.05) is 0 Å². The van der Waals surface area contributed by atoms with E-state index in [9.17, 15) is 63.9 Å². The van der Waals surface area contributed by atoms with Crippen LogP contribution in [0.1, 0.15) is 210 Å². The number of aliphatic hydroxyl groups excluding tert-OH is 4. The molecule has 17 N–H and O–H groups in total. The van der Waals surface area contributed by atoms with Crippen molar-refractivity contribution in [1.82, 2.24) is 78.1 Å². The van der Waals surface area contributed by atoms with E-state index in [1.54, 1.807) is 26.8 Å². The van der Waals surface area contributed by atoms with Gasteiger partial charge in [0.1, 0.15) is 126 Å². The smallest absolute Gasteiger partial charge is 0.357 e. The van der Waals surface area contributed by atoms with E-state index < -0.39 is 191 Å². The number of aromatic nitrogens is 5. The molecule has 618 valence electrons. The van der Waals surface area contributed by atoms with E-state index in [2.05, 4.69) is 73.1 Å². The van der Waals surface area contributed by atoms with Crippen molar-refractivity contribution in [3.05, 3.63) is 111 Å². The average Bonchev–Trinajstić information content (AvgIpc) is 1.67. The molecular formula is C72H90N18O19S6. The number of allylic oxidation sites excluding steroid dienone is 1. The van der Waals surface area contributed by atoms with Crippen molar-refractivity contribution in [2.75, 3.05) is 24.4 Å². The molecule has 4 aliphatic heterocycles. The number of methoxy groups -OCH3 is 1. The number of hydrogen-bond donors (Lipinski definition) is 16. The van der Waals surface area contributed by atoms with Crippen molar-refractivity contribution >= 4 is 157 Å². The van der Waals surface area contributed by atoms with E-state index in [-0.39, 0.29) is 106 Å². The molecule has 1 aliphatic carbocycles. The van der Waals surface area contributed by atoms with Crippen LogP contribution in [0, 0.1) is 5.92 Å². The third-order valence-electron chi connectivity index (χ3n) is 19.9. The predicted molar refractivity (Wildman–Crippen MR) is 425 cm³/mol. The zero-order chi connectivity index (χ0) is 84.0. The number of amides is 10. The van der Waals surface area contributed by atoms with Crippen molar-refractivity contribution in [3.63, 3.8) is 0 Å². The summed E-state index contributed by atoms with van der Waals surface area (Å²) < 4.78 is 11.2. The van der Waals surface area contributed by atoms with Gasteiger partial charge in [-0.15, -0.1) is 57.1 Å². The molecule has 5 aromatic heterocycles. The average molecular weight is 1700 g/mol. The molecule has 13 bridgehead atoms. The fourth-order valence-corrected chi connectivity index (χ4v) is 18.8. The molecule has 0 radical (unpaired) electrons. The van der Waals surface area contributed by atoms with Gasteiger partial charge in [-0.1, -0.05) is 38.5 Å². The van der Waals surface area contributed by atoms with Crippen LogP contribution in [-0.2, 0) is 53.4 Å². The Labute approximate surface area is 683 Å². The molecule has 10 rings (SSSR count).